The molecule has 1 aromatic carbocycles. The Morgan fingerprint density at radius 2 is 1.61 bits per heavy atom. The number of hydrogen-bond acceptors (Lipinski definition) is 3. The molecule has 4 nitrogen and oxygen atoms in total. The van der Waals surface area contributed by atoms with E-state index in [-0.39, 0.29) is 11.8 Å². The van der Waals surface area contributed by atoms with Gasteiger partial charge >= 0.3 is 0 Å². The van der Waals surface area contributed by atoms with Gasteiger partial charge in [-0.3, -0.25) is 14.5 Å². The maximum Gasteiger partial charge on any atom is 0.261 e. The van der Waals surface area contributed by atoms with Crippen molar-refractivity contribution in [1.82, 2.24) is 10.2 Å². The van der Waals surface area contributed by atoms with Crippen molar-refractivity contribution in [2.45, 2.75) is 51.5 Å². The van der Waals surface area contributed by atoms with Gasteiger partial charge < -0.3 is 5.32 Å². The Balaban J connectivity index is 1.39. The van der Waals surface area contributed by atoms with Gasteiger partial charge in [-0.25, -0.2) is 0 Å². The molecule has 1 aliphatic carbocycles. The lowest BCUT2D eigenvalue weighted by Crippen LogP contribution is -2.34. The van der Waals surface area contributed by atoms with Crippen LogP contribution in [-0.2, 0) is 0 Å². The van der Waals surface area contributed by atoms with Gasteiger partial charge in [-0.1, -0.05) is 19.1 Å². The average molecular weight is 314 g/mol. The number of imide groups is 1. The average Bonchev–Trinajstić information content (AvgIpc) is 2.81. The van der Waals surface area contributed by atoms with E-state index in [1.165, 1.54) is 30.6 Å². The molecule has 4 heteroatoms. The minimum absolute atomic E-state index is 0.139. The summed E-state index contributed by atoms with van der Waals surface area (Å²) in [6.45, 7) is 3.83. The Bertz CT molecular complexity index is 541. The van der Waals surface area contributed by atoms with Gasteiger partial charge in [0.1, 0.15) is 0 Å². The first kappa shape index (κ1) is 16.2. The predicted octanol–water partition coefficient (Wildman–Crippen LogP) is 3.23. The molecule has 2 amide bonds. The summed E-state index contributed by atoms with van der Waals surface area (Å²) in [6, 6.07) is 7.75. The number of nitrogens with one attached hydrogen (secondary N) is 1. The van der Waals surface area contributed by atoms with Crippen LogP contribution in [0.15, 0.2) is 24.3 Å². The maximum absolute atomic E-state index is 12.2. The van der Waals surface area contributed by atoms with Gasteiger partial charge in [-0.15, -0.1) is 0 Å². The number of carbonyl (C=O) groups is 2. The standard InChI is InChI=1S/C19H26N2O2/c1-14-8-10-15(11-9-14)20-12-4-5-13-21-18(22)16-6-2-3-7-17(16)19(21)23/h2-3,6-7,14-15,20H,4-5,8-13H2,1H3. The van der Waals surface area contributed by atoms with Gasteiger partial charge in [0.15, 0.2) is 0 Å². The highest BCUT2D eigenvalue weighted by atomic mass is 16.2. The molecular formula is C19H26N2O2. The highest BCUT2D eigenvalue weighted by Gasteiger charge is 2.34. The van der Waals surface area contributed by atoms with Crippen LogP contribution in [-0.4, -0.2) is 35.8 Å². The molecule has 3 rings (SSSR count). The fourth-order valence-electron chi connectivity index (χ4n) is 3.61. The molecule has 0 atom stereocenters. The van der Waals surface area contributed by atoms with Crippen LogP contribution in [0.3, 0.4) is 0 Å². The van der Waals surface area contributed by atoms with Gasteiger partial charge in [0.2, 0.25) is 0 Å². The van der Waals surface area contributed by atoms with Crippen LogP contribution in [0.4, 0.5) is 0 Å². The molecule has 1 aliphatic heterocycles. The number of amides is 2. The van der Waals surface area contributed by atoms with Gasteiger partial charge in [0, 0.05) is 12.6 Å². The van der Waals surface area contributed by atoms with Crippen molar-refractivity contribution in [3.63, 3.8) is 0 Å². The van der Waals surface area contributed by atoms with E-state index in [0.29, 0.717) is 23.7 Å². The predicted molar refractivity (Wildman–Crippen MR) is 90.5 cm³/mol. The number of hydrogen-bond donors (Lipinski definition) is 1. The fraction of sp³-hybridized carbons (Fsp3) is 0.579. The Kier molecular flexibility index (Phi) is 5.11. The molecular weight excluding hydrogens is 288 g/mol. The van der Waals surface area contributed by atoms with E-state index in [2.05, 4.69) is 12.2 Å². The molecule has 124 valence electrons. The summed E-state index contributed by atoms with van der Waals surface area (Å²) >= 11 is 0. The number of unbranched alkanes of at least 4 members (excludes halogenated alkanes) is 1. The highest BCUT2D eigenvalue weighted by molar-refractivity contribution is 6.21. The molecule has 1 fully saturated rings. The Labute approximate surface area is 138 Å². The number of rotatable bonds is 6. The Morgan fingerprint density at radius 1 is 1.00 bits per heavy atom. The Morgan fingerprint density at radius 3 is 2.22 bits per heavy atom. The summed E-state index contributed by atoms with van der Waals surface area (Å²) in [5.41, 5.74) is 1.10. The van der Waals surface area contributed by atoms with Crippen LogP contribution in [0, 0.1) is 5.92 Å². The number of fused-ring (bicyclic) bond motifs is 1. The molecule has 0 radical (unpaired) electrons. The molecule has 0 aromatic heterocycles. The highest BCUT2D eigenvalue weighted by Crippen LogP contribution is 2.24. The minimum Gasteiger partial charge on any atom is -0.314 e. The SMILES string of the molecule is CC1CCC(NCCCCN2C(=O)c3ccccc3C2=O)CC1. The zero-order valence-electron chi connectivity index (χ0n) is 13.9. The lowest BCUT2D eigenvalue weighted by molar-refractivity contribution is 0.0651. The summed E-state index contributed by atoms with van der Waals surface area (Å²) in [6.07, 6.45) is 7.07. The summed E-state index contributed by atoms with van der Waals surface area (Å²) in [5.74, 6) is 0.599. The number of nitrogens with zero attached hydrogens (tertiary/aromatic N) is 1. The molecule has 1 aromatic rings. The summed E-state index contributed by atoms with van der Waals surface area (Å²) in [7, 11) is 0. The second kappa shape index (κ2) is 7.26. The fourth-order valence-corrected chi connectivity index (χ4v) is 3.61. The summed E-state index contributed by atoms with van der Waals surface area (Å²) in [5, 5.41) is 3.62. The molecule has 1 saturated carbocycles. The van der Waals surface area contributed by atoms with Gasteiger partial charge in [0.05, 0.1) is 11.1 Å². The van der Waals surface area contributed by atoms with Gasteiger partial charge in [-0.05, 0) is 63.1 Å². The molecule has 23 heavy (non-hydrogen) atoms. The Hall–Kier alpha value is -1.68. The molecule has 0 unspecified atom stereocenters. The van der Waals surface area contributed by atoms with E-state index in [1.54, 1.807) is 12.1 Å². The molecule has 0 spiro atoms. The zero-order valence-corrected chi connectivity index (χ0v) is 13.9. The lowest BCUT2D eigenvalue weighted by atomic mass is 9.87. The van der Waals surface area contributed by atoms with Crippen molar-refractivity contribution in [3.05, 3.63) is 35.4 Å². The third-order valence-corrected chi connectivity index (χ3v) is 5.14. The van der Waals surface area contributed by atoms with Crippen molar-refractivity contribution >= 4 is 11.8 Å². The summed E-state index contributed by atoms with van der Waals surface area (Å²) in [4.78, 5) is 25.9. The van der Waals surface area contributed by atoms with E-state index in [0.717, 1.165) is 25.3 Å². The number of carbonyl (C=O) groups excluding carboxylic acids is 2. The van der Waals surface area contributed by atoms with Crippen molar-refractivity contribution in [1.29, 1.82) is 0 Å². The van der Waals surface area contributed by atoms with E-state index in [9.17, 15) is 9.59 Å². The third-order valence-electron chi connectivity index (χ3n) is 5.14. The van der Waals surface area contributed by atoms with Gasteiger partial charge in [0.25, 0.3) is 11.8 Å². The van der Waals surface area contributed by atoms with E-state index >= 15 is 0 Å². The summed E-state index contributed by atoms with van der Waals surface area (Å²) < 4.78 is 0. The van der Waals surface area contributed by atoms with Gasteiger partial charge in [-0.2, -0.15) is 0 Å². The van der Waals surface area contributed by atoms with Crippen molar-refractivity contribution in [2.75, 3.05) is 13.1 Å². The van der Waals surface area contributed by atoms with Crippen LogP contribution < -0.4 is 5.32 Å². The smallest absolute Gasteiger partial charge is 0.261 e. The quantitative estimate of drug-likeness (QED) is 0.648. The first-order valence-corrected chi connectivity index (χ1v) is 8.85. The second-order valence-electron chi connectivity index (χ2n) is 6.93. The molecule has 1 N–H and O–H groups in total. The van der Waals surface area contributed by atoms with Crippen LogP contribution in [0.2, 0.25) is 0 Å². The first-order chi connectivity index (χ1) is 11.2. The second-order valence-corrected chi connectivity index (χ2v) is 6.93. The topological polar surface area (TPSA) is 49.4 Å². The molecule has 1 heterocycles. The molecule has 2 aliphatic rings. The van der Waals surface area contributed by atoms with Crippen molar-refractivity contribution < 1.29 is 9.59 Å². The molecule has 0 bridgehead atoms. The van der Waals surface area contributed by atoms with E-state index in [4.69, 9.17) is 0 Å². The molecule has 0 saturated heterocycles. The van der Waals surface area contributed by atoms with Crippen LogP contribution in [0.5, 0.6) is 0 Å². The maximum atomic E-state index is 12.2. The first-order valence-electron chi connectivity index (χ1n) is 8.85. The van der Waals surface area contributed by atoms with Crippen molar-refractivity contribution in [2.24, 2.45) is 5.92 Å². The van der Waals surface area contributed by atoms with Crippen molar-refractivity contribution in [3.8, 4) is 0 Å². The van der Waals surface area contributed by atoms with E-state index < -0.39 is 0 Å². The third kappa shape index (κ3) is 3.63. The monoisotopic (exact) mass is 314 g/mol. The largest absolute Gasteiger partial charge is 0.314 e. The van der Waals surface area contributed by atoms with Crippen LogP contribution in [0.1, 0.15) is 66.2 Å². The lowest BCUT2D eigenvalue weighted by Gasteiger charge is -2.27. The van der Waals surface area contributed by atoms with Crippen LogP contribution in [0.25, 0.3) is 0 Å². The zero-order chi connectivity index (χ0) is 16.2. The normalized spacial score (nSPS) is 24.1. The number of benzene rings is 1. The minimum atomic E-state index is -0.139. The van der Waals surface area contributed by atoms with Crippen LogP contribution >= 0.6 is 0 Å². The van der Waals surface area contributed by atoms with E-state index in [1.807, 2.05) is 12.1 Å².